The summed E-state index contributed by atoms with van der Waals surface area (Å²) in [6, 6.07) is 0. The summed E-state index contributed by atoms with van der Waals surface area (Å²) in [6.07, 6.45) is -14.6. The van der Waals surface area contributed by atoms with E-state index in [1.165, 1.54) is 7.11 Å². The molecule has 0 aromatic carbocycles. The van der Waals surface area contributed by atoms with Crippen molar-refractivity contribution in [2.24, 2.45) is 0 Å². The summed E-state index contributed by atoms with van der Waals surface area (Å²) in [5, 5.41) is 67.7. The molecule has 2 heterocycles. The van der Waals surface area contributed by atoms with Crippen molar-refractivity contribution in [2.45, 2.75) is 61.4 Å². The Morgan fingerprint density at radius 3 is 1.79 bits per heavy atom. The molecule has 142 valence electrons. The van der Waals surface area contributed by atoms with E-state index in [1.807, 2.05) is 0 Å². The molecule has 0 aromatic heterocycles. The van der Waals surface area contributed by atoms with Gasteiger partial charge in [-0.05, 0) is 0 Å². The summed E-state index contributed by atoms with van der Waals surface area (Å²) in [5.74, 6) is 0. The SMILES string of the molecule is COCC1O[C@@H](OC[C@@H]2OC(O)[C@H](O)C(O)C2O)C(O)[C@@H](O)[C@H]1O. The Labute approximate surface area is 137 Å². The summed E-state index contributed by atoms with van der Waals surface area (Å²) in [6.45, 7) is -0.483. The number of methoxy groups -OCH3 is 1. The third kappa shape index (κ3) is 4.03. The highest BCUT2D eigenvalue weighted by molar-refractivity contribution is 4.91. The Morgan fingerprint density at radius 2 is 1.21 bits per heavy atom. The summed E-state index contributed by atoms with van der Waals surface area (Å²) in [4.78, 5) is 0. The Balaban J connectivity index is 1.94. The summed E-state index contributed by atoms with van der Waals surface area (Å²) < 4.78 is 20.3. The molecule has 0 aromatic rings. The van der Waals surface area contributed by atoms with E-state index in [9.17, 15) is 35.7 Å². The average molecular weight is 356 g/mol. The van der Waals surface area contributed by atoms with Gasteiger partial charge in [0.15, 0.2) is 12.6 Å². The predicted octanol–water partition coefficient (Wildman–Crippen LogP) is -4.74. The minimum Gasteiger partial charge on any atom is -0.387 e. The standard InChI is InChI=1S/C13H24O11/c1-21-2-4-6(14)9(17)11(19)13(24-4)22-3-5-7(15)8(16)10(18)12(20)23-5/h4-20H,2-3H2,1H3/t4?,5-,6-,7?,8?,9-,10+,11?,12?,13+/m0/s1. The van der Waals surface area contributed by atoms with Gasteiger partial charge in [-0.3, -0.25) is 0 Å². The number of aliphatic hydroxyl groups excluding tert-OH is 7. The van der Waals surface area contributed by atoms with Crippen LogP contribution >= 0.6 is 0 Å². The first-order chi connectivity index (χ1) is 11.3. The average Bonchev–Trinajstić information content (AvgIpc) is 2.56. The van der Waals surface area contributed by atoms with E-state index >= 15 is 0 Å². The summed E-state index contributed by atoms with van der Waals surface area (Å²) >= 11 is 0. The zero-order valence-corrected chi connectivity index (χ0v) is 13.0. The van der Waals surface area contributed by atoms with Gasteiger partial charge in [-0.25, -0.2) is 0 Å². The van der Waals surface area contributed by atoms with Gasteiger partial charge < -0.3 is 54.7 Å². The molecule has 0 amide bonds. The van der Waals surface area contributed by atoms with Gasteiger partial charge in [0.1, 0.15) is 48.8 Å². The molecule has 11 nitrogen and oxygen atoms in total. The van der Waals surface area contributed by atoms with Gasteiger partial charge in [0.2, 0.25) is 0 Å². The van der Waals surface area contributed by atoms with Crippen LogP contribution in [0.4, 0.5) is 0 Å². The van der Waals surface area contributed by atoms with Crippen molar-refractivity contribution in [3.63, 3.8) is 0 Å². The number of hydrogen-bond acceptors (Lipinski definition) is 11. The van der Waals surface area contributed by atoms with Crippen LogP contribution in [0.25, 0.3) is 0 Å². The molecule has 0 bridgehead atoms. The molecule has 10 atom stereocenters. The quantitative estimate of drug-likeness (QED) is 0.251. The largest absolute Gasteiger partial charge is 0.387 e. The maximum atomic E-state index is 9.89. The number of hydrogen-bond donors (Lipinski definition) is 7. The van der Waals surface area contributed by atoms with Crippen molar-refractivity contribution < 1.29 is 54.7 Å². The van der Waals surface area contributed by atoms with Gasteiger partial charge in [0.05, 0.1) is 13.2 Å². The van der Waals surface area contributed by atoms with Crippen LogP contribution in [0.3, 0.4) is 0 Å². The van der Waals surface area contributed by atoms with Crippen LogP contribution in [0.5, 0.6) is 0 Å². The van der Waals surface area contributed by atoms with E-state index < -0.39 is 68.0 Å². The van der Waals surface area contributed by atoms with E-state index in [1.54, 1.807) is 0 Å². The maximum absolute atomic E-state index is 9.89. The Morgan fingerprint density at radius 1 is 0.667 bits per heavy atom. The van der Waals surface area contributed by atoms with E-state index in [0.29, 0.717) is 0 Å². The highest BCUT2D eigenvalue weighted by atomic mass is 16.7. The van der Waals surface area contributed by atoms with Crippen LogP contribution in [0.2, 0.25) is 0 Å². The topological polar surface area (TPSA) is 179 Å². The number of rotatable bonds is 5. The smallest absolute Gasteiger partial charge is 0.186 e. The second-order valence-electron chi connectivity index (χ2n) is 5.84. The molecule has 0 spiro atoms. The van der Waals surface area contributed by atoms with Gasteiger partial charge in [0.25, 0.3) is 0 Å². The first-order valence-electron chi connectivity index (χ1n) is 7.45. The van der Waals surface area contributed by atoms with Crippen LogP contribution in [0.1, 0.15) is 0 Å². The van der Waals surface area contributed by atoms with Crippen LogP contribution < -0.4 is 0 Å². The van der Waals surface area contributed by atoms with E-state index in [4.69, 9.17) is 18.9 Å². The lowest BCUT2D eigenvalue weighted by Gasteiger charge is -2.42. The fourth-order valence-electron chi connectivity index (χ4n) is 2.61. The fraction of sp³-hybridized carbons (Fsp3) is 1.00. The predicted molar refractivity (Wildman–Crippen MR) is 73.4 cm³/mol. The maximum Gasteiger partial charge on any atom is 0.186 e. The zero-order valence-electron chi connectivity index (χ0n) is 13.0. The molecule has 0 saturated carbocycles. The van der Waals surface area contributed by atoms with Crippen LogP contribution in [-0.2, 0) is 18.9 Å². The van der Waals surface area contributed by atoms with Crippen molar-refractivity contribution in [3.8, 4) is 0 Å². The fourth-order valence-corrected chi connectivity index (χ4v) is 2.61. The molecular weight excluding hydrogens is 332 g/mol. The lowest BCUT2D eigenvalue weighted by molar-refractivity contribution is -0.326. The van der Waals surface area contributed by atoms with Crippen molar-refractivity contribution >= 4 is 0 Å². The van der Waals surface area contributed by atoms with Gasteiger partial charge in [-0.15, -0.1) is 0 Å². The molecule has 0 radical (unpaired) electrons. The molecule has 2 saturated heterocycles. The second-order valence-corrected chi connectivity index (χ2v) is 5.84. The van der Waals surface area contributed by atoms with Gasteiger partial charge >= 0.3 is 0 Å². The molecule has 2 fully saturated rings. The first kappa shape index (κ1) is 19.9. The summed E-state index contributed by atoms with van der Waals surface area (Å²) in [7, 11) is 1.36. The Hall–Kier alpha value is -0.440. The zero-order chi connectivity index (χ0) is 18.0. The van der Waals surface area contributed by atoms with E-state index in [0.717, 1.165) is 0 Å². The Kier molecular flexibility index (Phi) is 6.87. The van der Waals surface area contributed by atoms with Crippen LogP contribution in [-0.4, -0.2) is 117 Å². The molecule has 11 heteroatoms. The minimum atomic E-state index is -1.72. The van der Waals surface area contributed by atoms with Crippen molar-refractivity contribution in [1.29, 1.82) is 0 Å². The molecule has 2 aliphatic rings. The van der Waals surface area contributed by atoms with E-state index in [2.05, 4.69) is 0 Å². The van der Waals surface area contributed by atoms with Crippen LogP contribution in [0, 0.1) is 0 Å². The molecule has 0 aliphatic carbocycles. The Bertz CT molecular complexity index is 396. The third-order valence-corrected chi connectivity index (χ3v) is 4.11. The van der Waals surface area contributed by atoms with E-state index in [-0.39, 0.29) is 6.61 Å². The minimum absolute atomic E-state index is 0.0586. The van der Waals surface area contributed by atoms with Crippen molar-refractivity contribution in [1.82, 2.24) is 0 Å². The molecule has 2 rings (SSSR count). The lowest BCUT2D eigenvalue weighted by atomic mass is 9.98. The monoisotopic (exact) mass is 356 g/mol. The van der Waals surface area contributed by atoms with Crippen molar-refractivity contribution in [3.05, 3.63) is 0 Å². The first-order valence-corrected chi connectivity index (χ1v) is 7.45. The molecule has 7 N–H and O–H groups in total. The highest BCUT2D eigenvalue weighted by Crippen LogP contribution is 2.25. The van der Waals surface area contributed by atoms with Gasteiger partial charge in [0, 0.05) is 7.11 Å². The van der Waals surface area contributed by atoms with Crippen LogP contribution in [0.15, 0.2) is 0 Å². The normalized spacial score (nSPS) is 50.0. The van der Waals surface area contributed by atoms with Gasteiger partial charge in [-0.1, -0.05) is 0 Å². The van der Waals surface area contributed by atoms with Gasteiger partial charge in [-0.2, -0.15) is 0 Å². The molecule has 24 heavy (non-hydrogen) atoms. The van der Waals surface area contributed by atoms with Crippen molar-refractivity contribution in [2.75, 3.05) is 20.3 Å². The second kappa shape index (κ2) is 8.29. The molecule has 5 unspecified atom stereocenters. The lowest BCUT2D eigenvalue weighted by Crippen LogP contribution is -2.61. The highest BCUT2D eigenvalue weighted by Gasteiger charge is 2.46. The molecular formula is C13H24O11. The number of aliphatic hydroxyl groups is 7. The molecule has 2 aliphatic heterocycles. The summed E-state index contributed by atoms with van der Waals surface area (Å²) in [5.41, 5.74) is 0. The third-order valence-electron chi connectivity index (χ3n) is 4.11. The number of ether oxygens (including phenoxy) is 4.